The molecular formula is C9H10F3N. The Labute approximate surface area is 74.6 Å². The van der Waals surface area contributed by atoms with Crippen molar-refractivity contribution in [2.75, 3.05) is 5.32 Å². The van der Waals surface area contributed by atoms with Gasteiger partial charge in [-0.1, -0.05) is 0 Å². The van der Waals surface area contributed by atoms with E-state index in [2.05, 4.69) is 5.32 Å². The van der Waals surface area contributed by atoms with Crippen LogP contribution in [-0.4, -0.2) is 6.04 Å². The number of nitrogens with one attached hydrogen (secondary N) is 1. The van der Waals surface area contributed by atoms with Gasteiger partial charge in [-0.15, -0.1) is 0 Å². The Kier molecular flexibility index (Phi) is 2.80. The molecule has 0 aliphatic rings. The average Bonchev–Trinajstić information content (AvgIpc) is 1.98. The van der Waals surface area contributed by atoms with Gasteiger partial charge in [0.05, 0.1) is 0 Å². The van der Waals surface area contributed by atoms with E-state index in [0.29, 0.717) is 0 Å². The highest BCUT2D eigenvalue weighted by Crippen LogP contribution is 2.17. The quantitative estimate of drug-likeness (QED) is 0.705. The Morgan fingerprint density at radius 1 is 1.08 bits per heavy atom. The molecule has 1 rings (SSSR count). The maximum Gasteiger partial charge on any atom is 0.194 e. The molecule has 0 spiro atoms. The second-order valence-corrected chi connectivity index (χ2v) is 3.05. The Morgan fingerprint density at radius 3 is 1.92 bits per heavy atom. The van der Waals surface area contributed by atoms with Crippen molar-refractivity contribution in [3.05, 3.63) is 29.6 Å². The van der Waals surface area contributed by atoms with Crippen LogP contribution >= 0.6 is 0 Å². The largest absolute Gasteiger partial charge is 0.383 e. The molecule has 0 aromatic heterocycles. The number of benzene rings is 1. The lowest BCUT2D eigenvalue weighted by Gasteiger charge is -2.10. The van der Waals surface area contributed by atoms with E-state index in [-0.39, 0.29) is 11.7 Å². The molecule has 0 atom stereocenters. The lowest BCUT2D eigenvalue weighted by molar-refractivity contribution is 0.447. The highest BCUT2D eigenvalue weighted by atomic mass is 19.2. The summed E-state index contributed by atoms with van der Waals surface area (Å²) in [6, 6.07) is 1.90. The van der Waals surface area contributed by atoms with Crippen molar-refractivity contribution in [1.29, 1.82) is 0 Å². The zero-order chi connectivity index (χ0) is 10.0. The molecule has 0 radical (unpaired) electrons. The lowest BCUT2D eigenvalue weighted by atomic mass is 10.2. The molecule has 0 unspecified atom stereocenters. The predicted molar refractivity (Wildman–Crippen MR) is 45.1 cm³/mol. The van der Waals surface area contributed by atoms with Gasteiger partial charge < -0.3 is 5.32 Å². The number of halogens is 3. The van der Waals surface area contributed by atoms with Gasteiger partial charge >= 0.3 is 0 Å². The van der Waals surface area contributed by atoms with Crippen molar-refractivity contribution in [3.63, 3.8) is 0 Å². The minimum Gasteiger partial charge on any atom is -0.383 e. The van der Waals surface area contributed by atoms with Gasteiger partial charge in [0.2, 0.25) is 0 Å². The number of hydrogen-bond acceptors (Lipinski definition) is 1. The third kappa shape index (κ3) is 2.37. The topological polar surface area (TPSA) is 12.0 Å². The number of rotatable bonds is 2. The maximum atomic E-state index is 12.6. The SMILES string of the molecule is CC(C)Nc1cc(F)c(F)c(F)c1. The summed E-state index contributed by atoms with van der Waals surface area (Å²) in [6.45, 7) is 3.64. The van der Waals surface area contributed by atoms with Crippen molar-refractivity contribution < 1.29 is 13.2 Å². The first kappa shape index (κ1) is 9.89. The Balaban J connectivity index is 2.99. The standard InChI is InChI=1S/C9H10F3N/c1-5(2)13-6-3-7(10)9(12)8(11)4-6/h3-5,13H,1-2H3. The van der Waals surface area contributed by atoms with E-state index < -0.39 is 17.5 Å². The van der Waals surface area contributed by atoms with E-state index in [1.54, 1.807) is 0 Å². The summed E-state index contributed by atoms with van der Waals surface area (Å²) in [4.78, 5) is 0. The molecule has 4 heteroatoms. The molecule has 1 N–H and O–H groups in total. The first-order valence-corrected chi connectivity index (χ1v) is 3.92. The fraction of sp³-hybridized carbons (Fsp3) is 0.333. The summed E-state index contributed by atoms with van der Waals surface area (Å²) < 4.78 is 37.7. The molecule has 1 aromatic rings. The van der Waals surface area contributed by atoms with Gasteiger partial charge in [-0.2, -0.15) is 0 Å². The molecule has 0 saturated carbocycles. The van der Waals surface area contributed by atoms with E-state index in [1.807, 2.05) is 13.8 Å². The Bertz CT molecular complexity index is 287. The van der Waals surface area contributed by atoms with Gasteiger partial charge in [-0.05, 0) is 13.8 Å². The lowest BCUT2D eigenvalue weighted by Crippen LogP contribution is -2.10. The minimum atomic E-state index is -1.44. The zero-order valence-electron chi connectivity index (χ0n) is 7.37. The van der Waals surface area contributed by atoms with Crippen molar-refractivity contribution in [2.24, 2.45) is 0 Å². The third-order valence-electron chi connectivity index (χ3n) is 1.44. The monoisotopic (exact) mass is 189 g/mol. The summed E-state index contributed by atoms with van der Waals surface area (Å²) >= 11 is 0. The maximum absolute atomic E-state index is 12.6. The summed E-state index contributed by atoms with van der Waals surface area (Å²) in [5.74, 6) is -3.79. The van der Waals surface area contributed by atoms with E-state index >= 15 is 0 Å². The summed E-state index contributed by atoms with van der Waals surface area (Å²) in [7, 11) is 0. The summed E-state index contributed by atoms with van der Waals surface area (Å²) in [5.41, 5.74) is 0.242. The van der Waals surface area contributed by atoms with Gasteiger partial charge in [0.1, 0.15) is 0 Å². The van der Waals surface area contributed by atoms with E-state index in [4.69, 9.17) is 0 Å². The molecule has 0 amide bonds. The molecule has 0 fully saturated rings. The van der Waals surface area contributed by atoms with Crippen LogP contribution in [0.1, 0.15) is 13.8 Å². The van der Waals surface area contributed by atoms with Crippen LogP contribution in [0.3, 0.4) is 0 Å². The number of hydrogen-bond donors (Lipinski definition) is 1. The normalized spacial score (nSPS) is 10.6. The van der Waals surface area contributed by atoms with Gasteiger partial charge in [0, 0.05) is 23.9 Å². The van der Waals surface area contributed by atoms with Gasteiger partial charge in [-0.3, -0.25) is 0 Å². The van der Waals surface area contributed by atoms with E-state index in [9.17, 15) is 13.2 Å². The average molecular weight is 189 g/mol. The zero-order valence-corrected chi connectivity index (χ0v) is 7.37. The smallest absolute Gasteiger partial charge is 0.194 e. The fourth-order valence-corrected chi connectivity index (χ4v) is 0.972. The molecule has 1 nitrogen and oxygen atoms in total. The van der Waals surface area contributed by atoms with Crippen molar-refractivity contribution in [1.82, 2.24) is 0 Å². The third-order valence-corrected chi connectivity index (χ3v) is 1.44. The summed E-state index contributed by atoms with van der Waals surface area (Å²) in [6.07, 6.45) is 0. The highest BCUT2D eigenvalue weighted by Gasteiger charge is 2.10. The van der Waals surface area contributed by atoms with Crippen LogP contribution in [-0.2, 0) is 0 Å². The Hall–Kier alpha value is -1.19. The summed E-state index contributed by atoms with van der Waals surface area (Å²) in [5, 5.41) is 2.77. The van der Waals surface area contributed by atoms with Crippen molar-refractivity contribution in [3.8, 4) is 0 Å². The van der Waals surface area contributed by atoms with Crippen LogP contribution in [0.25, 0.3) is 0 Å². The Morgan fingerprint density at radius 2 is 1.54 bits per heavy atom. The highest BCUT2D eigenvalue weighted by molar-refractivity contribution is 5.44. The van der Waals surface area contributed by atoms with Gasteiger partial charge in [0.15, 0.2) is 17.5 Å². The predicted octanol–water partition coefficient (Wildman–Crippen LogP) is 2.92. The van der Waals surface area contributed by atoms with Crippen molar-refractivity contribution in [2.45, 2.75) is 19.9 Å². The molecule has 1 aromatic carbocycles. The van der Waals surface area contributed by atoms with Crippen LogP contribution < -0.4 is 5.32 Å². The fourth-order valence-electron chi connectivity index (χ4n) is 0.972. The molecular weight excluding hydrogens is 179 g/mol. The molecule has 0 aliphatic carbocycles. The van der Waals surface area contributed by atoms with Crippen LogP contribution in [0.5, 0.6) is 0 Å². The molecule has 0 saturated heterocycles. The van der Waals surface area contributed by atoms with E-state index in [1.165, 1.54) is 0 Å². The molecule has 0 bridgehead atoms. The van der Waals surface area contributed by atoms with Crippen LogP contribution in [0, 0.1) is 17.5 Å². The molecule has 0 aliphatic heterocycles. The van der Waals surface area contributed by atoms with Gasteiger partial charge in [-0.25, -0.2) is 13.2 Å². The number of anilines is 1. The van der Waals surface area contributed by atoms with E-state index in [0.717, 1.165) is 12.1 Å². The minimum absolute atomic E-state index is 0.0456. The second kappa shape index (κ2) is 3.68. The molecule has 0 heterocycles. The first-order chi connectivity index (χ1) is 6.00. The van der Waals surface area contributed by atoms with Crippen LogP contribution in [0.2, 0.25) is 0 Å². The molecule has 13 heavy (non-hydrogen) atoms. The molecule has 72 valence electrons. The van der Waals surface area contributed by atoms with Crippen LogP contribution in [0.4, 0.5) is 18.9 Å². The van der Waals surface area contributed by atoms with Crippen molar-refractivity contribution >= 4 is 5.69 Å². The first-order valence-electron chi connectivity index (χ1n) is 3.92. The second-order valence-electron chi connectivity index (χ2n) is 3.05. The van der Waals surface area contributed by atoms with Crippen LogP contribution in [0.15, 0.2) is 12.1 Å². The van der Waals surface area contributed by atoms with Gasteiger partial charge in [0.25, 0.3) is 0 Å².